The average Bonchev–Trinajstić information content (AvgIpc) is 3.27. The molecule has 2 aromatic heterocycles. The van der Waals surface area contributed by atoms with E-state index in [9.17, 15) is 9.18 Å². The molecule has 7 heteroatoms. The van der Waals surface area contributed by atoms with E-state index >= 15 is 0 Å². The van der Waals surface area contributed by atoms with E-state index in [1.807, 2.05) is 22.9 Å². The number of pyridine rings is 1. The molecule has 0 aliphatic carbocycles. The van der Waals surface area contributed by atoms with Crippen molar-refractivity contribution in [3.05, 3.63) is 90.0 Å². The number of carbonyl (C=O) groups excluding carboxylic acids is 1. The highest BCUT2D eigenvalue weighted by Gasteiger charge is 2.23. The first kappa shape index (κ1) is 20.3. The lowest BCUT2D eigenvalue weighted by molar-refractivity contribution is 0.102. The summed E-state index contributed by atoms with van der Waals surface area (Å²) in [4.78, 5) is 19.7. The van der Waals surface area contributed by atoms with Crippen molar-refractivity contribution in [3.8, 4) is 0 Å². The zero-order chi connectivity index (χ0) is 21.9. The van der Waals surface area contributed by atoms with Crippen LogP contribution >= 0.6 is 0 Å². The van der Waals surface area contributed by atoms with Crippen LogP contribution in [0.5, 0.6) is 0 Å². The lowest BCUT2D eigenvalue weighted by Crippen LogP contribution is -2.35. The van der Waals surface area contributed by atoms with Gasteiger partial charge in [0.2, 0.25) is 0 Å². The molecule has 0 spiro atoms. The molecule has 1 N–H and O–H groups in total. The SMILES string of the molecule is O=C(Nc1ccnn1C1CCN(Cc2ccc3ccccc3n2)CC1)c1cccc(F)c1. The molecule has 0 radical (unpaired) electrons. The van der Waals surface area contributed by atoms with Crippen molar-refractivity contribution in [2.24, 2.45) is 0 Å². The Kier molecular flexibility index (Phi) is 5.64. The number of para-hydroxylation sites is 1. The number of anilines is 1. The summed E-state index contributed by atoms with van der Waals surface area (Å²) in [5.41, 5.74) is 2.38. The zero-order valence-electron chi connectivity index (χ0n) is 17.6. The maximum Gasteiger partial charge on any atom is 0.256 e. The van der Waals surface area contributed by atoms with Crippen molar-refractivity contribution >= 4 is 22.6 Å². The number of fused-ring (bicyclic) bond motifs is 1. The van der Waals surface area contributed by atoms with Crippen molar-refractivity contribution in [1.29, 1.82) is 0 Å². The Balaban J connectivity index is 1.21. The van der Waals surface area contributed by atoms with Crippen LogP contribution in [-0.4, -0.2) is 38.7 Å². The van der Waals surface area contributed by atoms with Crippen LogP contribution in [0.4, 0.5) is 10.2 Å². The maximum absolute atomic E-state index is 13.4. The van der Waals surface area contributed by atoms with E-state index in [-0.39, 0.29) is 17.5 Å². The van der Waals surface area contributed by atoms with Crippen LogP contribution in [0.15, 0.2) is 72.9 Å². The van der Waals surface area contributed by atoms with Crippen LogP contribution in [0.1, 0.15) is 34.9 Å². The highest BCUT2D eigenvalue weighted by atomic mass is 19.1. The number of hydrogen-bond donors (Lipinski definition) is 1. The molecule has 2 aromatic carbocycles. The molecule has 1 saturated heterocycles. The van der Waals surface area contributed by atoms with Gasteiger partial charge in [-0.15, -0.1) is 0 Å². The first-order valence-corrected chi connectivity index (χ1v) is 10.8. The van der Waals surface area contributed by atoms with Gasteiger partial charge in [-0.25, -0.2) is 9.07 Å². The highest BCUT2D eigenvalue weighted by Crippen LogP contribution is 2.26. The van der Waals surface area contributed by atoms with Crippen LogP contribution in [0, 0.1) is 5.82 Å². The lowest BCUT2D eigenvalue weighted by Gasteiger charge is -2.32. The van der Waals surface area contributed by atoms with Crippen LogP contribution in [-0.2, 0) is 6.54 Å². The van der Waals surface area contributed by atoms with Gasteiger partial charge in [0.25, 0.3) is 5.91 Å². The number of benzene rings is 2. The molecule has 6 nitrogen and oxygen atoms in total. The van der Waals surface area contributed by atoms with Crippen LogP contribution in [0.3, 0.4) is 0 Å². The molecular weight excluding hydrogens is 405 g/mol. The Bertz CT molecular complexity index is 1250. The predicted octanol–water partition coefficient (Wildman–Crippen LogP) is 4.66. The first-order chi connectivity index (χ1) is 15.7. The van der Waals surface area contributed by atoms with E-state index in [1.165, 1.54) is 18.2 Å². The van der Waals surface area contributed by atoms with E-state index in [1.54, 1.807) is 18.3 Å². The minimum atomic E-state index is -0.431. The largest absolute Gasteiger partial charge is 0.307 e. The average molecular weight is 429 g/mol. The smallest absolute Gasteiger partial charge is 0.256 e. The Morgan fingerprint density at radius 1 is 1.03 bits per heavy atom. The first-order valence-electron chi connectivity index (χ1n) is 10.8. The van der Waals surface area contributed by atoms with Crippen molar-refractivity contribution < 1.29 is 9.18 Å². The lowest BCUT2D eigenvalue weighted by atomic mass is 10.0. The number of nitrogens with zero attached hydrogens (tertiary/aromatic N) is 4. The third-order valence-corrected chi connectivity index (χ3v) is 5.94. The summed E-state index contributed by atoms with van der Waals surface area (Å²) in [6.45, 7) is 2.67. The summed E-state index contributed by atoms with van der Waals surface area (Å²) in [5, 5.41) is 8.47. The van der Waals surface area contributed by atoms with Gasteiger partial charge in [0.15, 0.2) is 0 Å². The summed E-state index contributed by atoms with van der Waals surface area (Å²) >= 11 is 0. The number of aromatic nitrogens is 3. The summed E-state index contributed by atoms with van der Waals surface area (Å²) in [6.07, 6.45) is 3.54. The van der Waals surface area contributed by atoms with Gasteiger partial charge in [-0.3, -0.25) is 14.7 Å². The van der Waals surface area contributed by atoms with E-state index in [4.69, 9.17) is 4.98 Å². The number of amides is 1. The molecule has 162 valence electrons. The number of halogens is 1. The molecule has 0 bridgehead atoms. The molecule has 0 saturated carbocycles. The fraction of sp³-hybridized carbons (Fsp3) is 0.240. The van der Waals surface area contributed by atoms with Gasteiger partial charge < -0.3 is 5.32 Å². The van der Waals surface area contributed by atoms with Gasteiger partial charge in [0.05, 0.1) is 23.4 Å². The number of piperidine rings is 1. The predicted molar refractivity (Wildman–Crippen MR) is 122 cm³/mol. The molecule has 1 fully saturated rings. The minimum absolute atomic E-state index is 0.202. The molecule has 1 aliphatic rings. The fourth-order valence-corrected chi connectivity index (χ4v) is 4.27. The van der Waals surface area contributed by atoms with Gasteiger partial charge in [0, 0.05) is 36.7 Å². The topological polar surface area (TPSA) is 63.1 Å². The van der Waals surface area contributed by atoms with Gasteiger partial charge in [-0.1, -0.05) is 30.3 Å². The van der Waals surface area contributed by atoms with Gasteiger partial charge >= 0.3 is 0 Å². The Morgan fingerprint density at radius 3 is 2.72 bits per heavy atom. The Hall–Kier alpha value is -3.58. The summed E-state index contributed by atoms with van der Waals surface area (Å²) in [7, 11) is 0. The normalized spacial score (nSPS) is 15.2. The monoisotopic (exact) mass is 429 g/mol. The minimum Gasteiger partial charge on any atom is -0.307 e. The Morgan fingerprint density at radius 2 is 1.88 bits per heavy atom. The summed E-state index contributed by atoms with van der Waals surface area (Å²) < 4.78 is 15.3. The van der Waals surface area contributed by atoms with Gasteiger partial charge in [0.1, 0.15) is 11.6 Å². The molecule has 1 amide bonds. The third-order valence-electron chi connectivity index (χ3n) is 5.94. The number of nitrogens with one attached hydrogen (secondary N) is 1. The maximum atomic E-state index is 13.4. The molecule has 0 unspecified atom stereocenters. The number of likely N-dealkylation sites (tertiary alicyclic amines) is 1. The second-order valence-corrected chi connectivity index (χ2v) is 8.13. The zero-order valence-corrected chi connectivity index (χ0v) is 17.6. The quantitative estimate of drug-likeness (QED) is 0.501. The summed E-state index contributed by atoms with van der Waals surface area (Å²) in [5.74, 6) is -0.139. The molecule has 3 heterocycles. The molecular formula is C25H24FN5O. The van der Waals surface area contributed by atoms with E-state index in [0.717, 1.165) is 49.1 Å². The second-order valence-electron chi connectivity index (χ2n) is 8.13. The van der Waals surface area contributed by atoms with Crippen LogP contribution in [0.25, 0.3) is 10.9 Å². The van der Waals surface area contributed by atoms with Crippen LogP contribution in [0.2, 0.25) is 0 Å². The van der Waals surface area contributed by atoms with Crippen molar-refractivity contribution in [2.45, 2.75) is 25.4 Å². The number of rotatable bonds is 5. The molecule has 4 aromatic rings. The molecule has 32 heavy (non-hydrogen) atoms. The van der Waals surface area contributed by atoms with E-state index in [0.29, 0.717) is 5.82 Å². The molecule has 5 rings (SSSR count). The van der Waals surface area contributed by atoms with Crippen molar-refractivity contribution in [1.82, 2.24) is 19.7 Å². The van der Waals surface area contributed by atoms with Crippen LogP contribution < -0.4 is 5.32 Å². The molecule has 0 atom stereocenters. The van der Waals surface area contributed by atoms with E-state index in [2.05, 4.69) is 33.5 Å². The van der Waals surface area contributed by atoms with Gasteiger partial charge in [-0.05, 0) is 43.2 Å². The van der Waals surface area contributed by atoms with E-state index < -0.39 is 5.82 Å². The highest BCUT2D eigenvalue weighted by molar-refractivity contribution is 6.03. The van der Waals surface area contributed by atoms with Crippen molar-refractivity contribution in [3.63, 3.8) is 0 Å². The Labute approximate surface area is 185 Å². The third kappa shape index (κ3) is 4.38. The standard InChI is InChI=1S/C25H24FN5O/c26-20-6-3-5-19(16-20)25(32)29-24-10-13-27-31(24)22-11-14-30(15-12-22)17-21-9-8-18-4-1-2-7-23(18)28-21/h1-10,13,16,22H,11-12,14-15,17H2,(H,29,32). The van der Waals surface area contributed by atoms with Gasteiger partial charge in [-0.2, -0.15) is 5.10 Å². The fourth-order valence-electron chi connectivity index (χ4n) is 4.27. The molecule has 1 aliphatic heterocycles. The van der Waals surface area contributed by atoms with Crippen molar-refractivity contribution in [2.75, 3.05) is 18.4 Å². The number of hydrogen-bond acceptors (Lipinski definition) is 4. The summed E-state index contributed by atoms with van der Waals surface area (Å²) in [6, 6.07) is 20.0. The number of carbonyl (C=O) groups is 1. The second kappa shape index (κ2) is 8.88.